The Hall–Kier alpha value is -3.27. The summed E-state index contributed by atoms with van der Waals surface area (Å²) >= 11 is 0. The van der Waals surface area contributed by atoms with E-state index in [0.717, 1.165) is 5.56 Å². The first-order valence-corrected chi connectivity index (χ1v) is 7.90. The van der Waals surface area contributed by atoms with Crippen molar-refractivity contribution in [2.45, 2.75) is 20.0 Å². The van der Waals surface area contributed by atoms with Gasteiger partial charge in [-0.1, -0.05) is 12.1 Å². The normalized spacial score (nSPS) is 11.3. The van der Waals surface area contributed by atoms with Gasteiger partial charge < -0.3 is 20.4 Å². The van der Waals surface area contributed by atoms with E-state index in [1.54, 1.807) is 24.3 Å². The second-order valence-corrected chi connectivity index (χ2v) is 5.35. The van der Waals surface area contributed by atoms with Gasteiger partial charge in [0.15, 0.2) is 5.75 Å². The molecular formula is C18H20N4O3. The standard InChI is InChI=1S/C18H20N4O3/c1-4-21-17(23)14-9-15(16(22-14)18(24)20-3)25-11(2)13-7-5-12(10-19)6-8-13/h5-9,11,22H,4H2,1-3H3,(H,20,24)(H,21,23)/t11-/m0/s1. The van der Waals surface area contributed by atoms with Gasteiger partial charge in [-0.25, -0.2) is 0 Å². The summed E-state index contributed by atoms with van der Waals surface area (Å²) in [6.45, 7) is 4.11. The van der Waals surface area contributed by atoms with E-state index in [-0.39, 0.29) is 35.1 Å². The number of ether oxygens (including phenoxy) is 1. The molecule has 0 radical (unpaired) electrons. The summed E-state index contributed by atoms with van der Waals surface area (Å²) < 4.78 is 5.88. The first-order chi connectivity index (χ1) is 12.0. The molecule has 3 N–H and O–H groups in total. The number of nitriles is 1. The molecule has 0 saturated carbocycles. The molecule has 2 aromatic rings. The number of aromatic nitrogens is 1. The number of aromatic amines is 1. The number of rotatable bonds is 6. The summed E-state index contributed by atoms with van der Waals surface area (Å²) in [7, 11) is 1.50. The van der Waals surface area contributed by atoms with Crippen LogP contribution in [0.3, 0.4) is 0 Å². The minimum Gasteiger partial charge on any atom is -0.484 e. The summed E-state index contributed by atoms with van der Waals surface area (Å²) in [5, 5.41) is 14.0. The summed E-state index contributed by atoms with van der Waals surface area (Å²) in [5.41, 5.74) is 1.84. The number of amides is 2. The molecule has 1 heterocycles. The van der Waals surface area contributed by atoms with Gasteiger partial charge in [0.1, 0.15) is 17.5 Å². The molecule has 130 valence electrons. The van der Waals surface area contributed by atoms with Gasteiger partial charge in [-0.15, -0.1) is 0 Å². The quantitative estimate of drug-likeness (QED) is 0.749. The third-order valence-corrected chi connectivity index (χ3v) is 3.63. The lowest BCUT2D eigenvalue weighted by Crippen LogP contribution is -2.23. The lowest BCUT2D eigenvalue weighted by molar-refractivity contribution is 0.0951. The van der Waals surface area contributed by atoms with Crippen LogP contribution >= 0.6 is 0 Å². The van der Waals surface area contributed by atoms with Crippen LogP contribution in [0.25, 0.3) is 0 Å². The summed E-state index contributed by atoms with van der Waals surface area (Å²) in [6.07, 6.45) is -0.367. The number of nitrogens with zero attached hydrogens (tertiary/aromatic N) is 1. The van der Waals surface area contributed by atoms with Crippen LogP contribution in [0.4, 0.5) is 0 Å². The zero-order valence-corrected chi connectivity index (χ0v) is 14.3. The molecule has 0 spiro atoms. The zero-order valence-electron chi connectivity index (χ0n) is 14.3. The molecule has 0 aliphatic rings. The number of H-pyrrole nitrogens is 1. The summed E-state index contributed by atoms with van der Waals surface area (Å²) in [6, 6.07) is 10.6. The highest BCUT2D eigenvalue weighted by atomic mass is 16.5. The van der Waals surface area contributed by atoms with Crippen molar-refractivity contribution in [3.63, 3.8) is 0 Å². The van der Waals surface area contributed by atoms with Crippen LogP contribution in [-0.2, 0) is 0 Å². The van der Waals surface area contributed by atoms with E-state index in [1.807, 2.05) is 13.8 Å². The van der Waals surface area contributed by atoms with Gasteiger partial charge in [0.2, 0.25) is 0 Å². The van der Waals surface area contributed by atoms with Gasteiger partial charge in [0.05, 0.1) is 11.6 Å². The Morgan fingerprint density at radius 1 is 1.28 bits per heavy atom. The average Bonchev–Trinajstić information content (AvgIpc) is 3.05. The molecule has 1 aromatic carbocycles. The van der Waals surface area contributed by atoms with Gasteiger partial charge in [-0.05, 0) is 31.5 Å². The Kier molecular flexibility index (Phi) is 5.79. The molecule has 1 aromatic heterocycles. The SMILES string of the molecule is CCNC(=O)c1cc(O[C@@H](C)c2ccc(C#N)cc2)c(C(=O)NC)[nH]1. The lowest BCUT2D eigenvalue weighted by Gasteiger charge is -2.15. The molecule has 0 fully saturated rings. The molecule has 25 heavy (non-hydrogen) atoms. The number of carbonyl (C=O) groups is 2. The van der Waals surface area contributed by atoms with Crippen LogP contribution in [0.5, 0.6) is 5.75 Å². The maximum absolute atomic E-state index is 12.0. The van der Waals surface area contributed by atoms with Gasteiger partial charge in [0, 0.05) is 19.7 Å². The molecular weight excluding hydrogens is 320 g/mol. The minimum atomic E-state index is -0.377. The van der Waals surface area contributed by atoms with Crippen LogP contribution in [0.2, 0.25) is 0 Å². The Balaban J connectivity index is 2.28. The van der Waals surface area contributed by atoms with Crippen molar-refractivity contribution >= 4 is 11.8 Å². The van der Waals surface area contributed by atoms with E-state index < -0.39 is 0 Å². The first-order valence-electron chi connectivity index (χ1n) is 7.90. The van der Waals surface area contributed by atoms with Gasteiger partial charge >= 0.3 is 0 Å². The molecule has 1 atom stereocenters. The molecule has 0 aliphatic heterocycles. The lowest BCUT2D eigenvalue weighted by atomic mass is 10.1. The van der Waals surface area contributed by atoms with Gasteiger partial charge in [-0.2, -0.15) is 5.26 Å². The molecule has 7 nitrogen and oxygen atoms in total. The van der Waals surface area contributed by atoms with Crippen molar-refractivity contribution < 1.29 is 14.3 Å². The third-order valence-electron chi connectivity index (χ3n) is 3.63. The fourth-order valence-corrected chi connectivity index (χ4v) is 2.29. The highest BCUT2D eigenvalue weighted by Crippen LogP contribution is 2.27. The van der Waals surface area contributed by atoms with E-state index in [1.165, 1.54) is 13.1 Å². The predicted octanol–water partition coefficient (Wildman–Crippen LogP) is 2.14. The van der Waals surface area contributed by atoms with E-state index >= 15 is 0 Å². The largest absolute Gasteiger partial charge is 0.484 e. The number of carbonyl (C=O) groups excluding carboxylic acids is 2. The number of hydrogen-bond acceptors (Lipinski definition) is 4. The Morgan fingerprint density at radius 3 is 2.52 bits per heavy atom. The fourth-order valence-electron chi connectivity index (χ4n) is 2.29. The Morgan fingerprint density at radius 2 is 1.96 bits per heavy atom. The van der Waals surface area contributed by atoms with Gasteiger partial charge in [0.25, 0.3) is 11.8 Å². The molecule has 0 saturated heterocycles. The smallest absolute Gasteiger partial charge is 0.271 e. The minimum absolute atomic E-state index is 0.184. The summed E-state index contributed by atoms with van der Waals surface area (Å²) in [5.74, 6) is -0.399. The van der Waals surface area contributed by atoms with Crippen LogP contribution in [0.1, 0.15) is 52.1 Å². The topological polar surface area (TPSA) is 107 Å². The van der Waals surface area contributed by atoms with Crippen molar-refractivity contribution in [3.05, 3.63) is 52.8 Å². The van der Waals surface area contributed by atoms with Crippen molar-refractivity contribution in [1.82, 2.24) is 15.6 Å². The fraction of sp³-hybridized carbons (Fsp3) is 0.278. The molecule has 2 amide bonds. The van der Waals surface area contributed by atoms with E-state index in [2.05, 4.69) is 21.7 Å². The summed E-state index contributed by atoms with van der Waals surface area (Å²) in [4.78, 5) is 26.8. The molecule has 7 heteroatoms. The molecule has 2 rings (SSSR count). The van der Waals surface area contributed by atoms with Crippen LogP contribution in [0.15, 0.2) is 30.3 Å². The molecule has 0 unspecified atom stereocenters. The van der Waals surface area contributed by atoms with Crippen molar-refractivity contribution in [2.24, 2.45) is 0 Å². The van der Waals surface area contributed by atoms with Crippen molar-refractivity contribution in [3.8, 4) is 11.8 Å². The van der Waals surface area contributed by atoms with Crippen LogP contribution in [-0.4, -0.2) is 30.4 Å². The van der Waals surface area contributed by atoms with E-state index in [4.69, 9.17) is 10.00 Å². The second-order valence-electron chi connectivity index (χ2n) is 5.35. The highest BCUT2D eigenvalue weighted by Gasteiger charge is 2.21. The molecule has 0 aliphatic carbocycles. The average molecular weight is 340 g/mol. The third kappa shape index (κ3) is 4.18. The van der Waals surface area contributed by atoms with E-state index in [9.17, 15) is 9.59 Å². The van der Waals surface area contributed by atoms with Gasteiger partial charge in [-0.3, -0.25) is 9.59 Å². The maximum Gasteiger partial charge on any atom is 0.271 e. The zero-order chi connectivity index (χ0) is 18.4. The Bertz CT molecular complexity index is 803. The maximum atomic E-state index is 12.0. The molecule has 0 bridgehead atoms. The van der Waals surface area contributed by atoms with Crippen molar-refractivity contribution in [1.29, 1.82) is 5.26 Å². The van der Waals surface area contributed by atoms with Crippen molar-refractivity contribution in [2.75, 3.05) is 13.6 Å². The number of hydrogen-bond donors (Lipinski definition) is 3. The predicted molar refractivity (Wildman–Crippen MR) is 92.4 cm³/mol. The van der Waals surface area contributed by atoms with E-state index in [0.29, 0.717) is 12.1 Å². The second kappa shape index (κ2) is 8.02. The van der Waals surface area contributed by atoms with Crippen LogP contribution in [0, 0.1) is 11.3 Å². The monoisotopic (exact) mass is 340 g/mol. The number of nitrogens with one attached hydrogen (secondary N) is 3. The number of benzene rings is 1. The Labute approximate surface area is 146 Å². The van der Waals surface area contributed by atoms with Crippen LogP contribution < -0.4 is 15.4 Å². The first kappa shape index (κ1) is 18.1. The highest BCUT2D eigenvalue weighted by molar-refractivity contribution is 5.99.